The minimum absolute atomic E-state index is 0.453. The summed E-state index contributed by atoms with van der Waals surface area (Å²) in [5, 5.41) is 6.34. The average molecular weight is 385 g/mol. The molecule has 3 aromatic rings. The molecule has 0 amide bonds. The molecule has 3 rings (SSSR count). The number of aryl methyl sites for hydroxylation is 1. The van der Waals surface area contributed by atoms with Crippen molar-refractivity contribution in [2.45, 2.75) is 13.5 Å². The largest absolute Gasteiger partial charge is 0.393 e. The number of benzene rings is 1. The molecule has 0 radical (unpaired) electrons. The van der Waals surface area contributed by atoms with Crippen LogP contribution in [0.2, 0.25) is 0 Å². The van der Waals surface area contributed by atoms with Gasteiger partial charge in [0.2, 0.25) is 0 Å². The Labute approximate surface area is 148 Å². The lowest BCUT2D eigenvalue weighted by Crippen LogP contribution is -2.08. The van der Waals surface area contributed by atoms with Crippen LogP contribution in [-0.4, -0.2) is 15.0 Å². The van der Waals surface area contributed by atoms with E-state index in [2.05, 4.69) is 72.7 Å². The van der Waals surface area contributed by atoms with Crippen molar-refractivity contribution in [1.29, 1.82) is 0 Å². The zero-order valence-corrected chi connectivity index (χ0v) is 14.7. The lowest BCUT2D eigenvalue weighted by molar-refractivity contribution is 1.08. The SMILES string of the molecule is Cc1ccc(CNc2ncnc(Nc3ccc(Br)cn3)c2N)cc1. The van der Waals surface area contributed by atoms with E-state index in [0.29, 0.717) is 29.7 Å². The van der Waals surface area contributed by atoms with Gasteiger partial charge in [0.1, 0.15) is 17.8 Å². The lowest BCUT2D eigenvalue weighted by atomic mass is 10.1. The Morgan fingerprint density at radius 3 is 2.46 bits per heavy atom. The molecule has 0 aliphatic heterocycles. The highest BCUT2D eigenvalue weighted by Gasteiger charge is 2.08. The summed E-state index contributed by atoms with van der Waals surface area (Å²) in [6.45, 7) is 2.70. The topological polar surface area (TPSA) is 88.8 Å². The Balaban J connectivity index is 1.72. The van der Waals surface area contributed by atoms with Crippen LogP contribution in [0.4, 0.5) is 23.1 Å². The Morgan fingerprint density at radius 1 is 1.00 bits per heavy atom. The molecule has 122 valence electrons. The summed E-state index contributed by atoms with van der Waals surface area (Å²) in [5.74, 6) is 1.77. The fraction of sp³-hybridized carbons (Fsp3) is 0.118. The number of nitrogen functional groups attached to an aromatic ring is 1. The quantitative estimate of drug-likeness (QED) is 0.618. The van der Waals surface area contributed by atoms with Crippen molar-refractivity contribution in [2.75, 3.05) is 16.4 Å². The third-order valence-electron chi connectivity index (χ3n) is 3.44. The Kier molecular flexibility index (Phi) is 4.90. The van der Waals surface area contributed by atoms with Crippen LogP contribution in [0.5, 0.6) is 0 Å². The molecule has 0 atom stereocenters. The number of hydrogen-bond donors (Lipinski definition) is 3. The van der Waals surface area contributed by atoms with E-state index in [9.17, 15) is 0 Å². The van der Waals surface area contributed by atoms with Crippen LogP contribution in [0.15, 0.2) is 53.4 Å². The second kappa shape index (κ2) is 7.27. The molecule has 7 heteroatoms. The Morgan fingerprint density at radius 2 is 1.75 bits per heavy atom. The number of aromatic nitrogens is 3. The highest BCUT2D eigenvalue weighted by Crippen LogP contribution is 2.25. The maximum Gasteiger partial charge on any atom is 0.160 e. The molecule has 24 heavy (non-hydrogen) atoms. The van der Waals surface area contributed by atoms with Crippen LogP contribution >= 0.6 is 15.9 Å². The number of hydrogen-bond acceptors (Lipinski definition) is 6. The summed E-state index contributed by atoms with van der Waals surface area (Å²) in [7, 11) is 0. The third-order valence-corrected chi connectivity index (χ3v) is 3.91. The smallest absolute Gasteiger partial charge is 0.160 e. The number of nitrogens with two attached hydrogens (primary N) is 1. The summed E-state index contributed by atoms with van der Waals surface area (Å²) in [4.78, 5) is 12.6. The van der Waals surface area contributed by atoms with Crippen LogP contribution < -0.4 is 16.4 Å². The lowest BCUT2D eigenvalue weighted by Gasteiger charge is -2.12. The van der Waals surface area contributed by atoms with Crippen LogP contribution in [0.1, 0.15) is 11.1 Å². The summed E-state index contributed by atoms with van der Waals surface area (Å²) >= 11 is 3.35. The molecule has 0 saturated heterocycles. The van der Waals surface area contributed by atoms with Crippen LogP contribution in [0, 0.1) is 6.92 Å². The number of anilines is 4. The second-order valence-electron chi connectivity index (χ2n) is 5.31. The molecule has 0 aliphatic carbocycles. The summed E-state index contributed by atoms with van der Waals surface area (Å²) in [6.07, 6.45) is 3.17. The standard InChI is InChI=1S/C17H17BrN6/c1-11-2-4-12(5-3-11)8-21-16-15(19)17(23-10-22-16)24-14-7-6-13(18)9-20-14/h2-7,9-10H,8,19H2,1H3,(H2,20,21,22,23,24). The number of pyridine rings is 1. The minimum atomic E-state index is 0.453. The van der Waals surface area contributed by atoms with Crippen molar-refractivity contribution < 1.29 is 0 Å². The van der Waals surface area contributed by atoms with Gasteiger partial charge in [-0.2, -0.15) is 0 Å². The van der Waals surface area contributed by atoms with E-state index < -0.39 is 0 Å². The van der Waals surface area contributed by atoms with E-state index in [1.165, 1.54) is 11.9 Å². The van der Waals surface area contributed by atoms with Gasteiger partial charge in [0.25, 0.3) is 0 Å². The molecule has 2 aromatic heterocycles. The Hall–Kier alpha value is -2.67. The molecule has 2 heterocycles. The van der Waals surface area contributed by atoms with Crippen molar-refractivity contribution in [3.8, 4) is 0 Å². The first kappa shape index (κ1) is 16.2. The first-order valence-corrected chi connectivity index (χ1v) is 8.19. The highest BCUT2D eigenvalue weighted by atomic mass is 79.9. The normalized spacial score (nSPS) is 10.4. The molecule has 1 aromatic carbocycles. The predicted octanol–water partition coefficient (Wildman–Crippen LogP) is 3.88. The molecular weight excluding hydrogens is 368 g/mol. The molecule has 0 bridgehead atoms. The maximum absolute atomic E-state index is 6.16. The van der Waals surface area contributed by atoms with E-state index in [4.69, 9.17) is 5.73 Å². The van der Waals surface area contributed by atoms with Gasteiger partial charge < -0.3 is 16.4 Å². The van der Waals surface area contributed by atoms with E-state index in [1.807, 2.05) is 12.1 Å². The number of nitrogens with zero attached hydrogens (tertiary/aromatic N) is 3. The Bertz CT molecular complexity index is 817. The van der Waals surface area contributed by atoms with E-state index >= 15 is 0 Å². The van der Waals surface area contributed by atoms with Gasteiger partial charge in [-0.3, -0.25) is 0 Å². The predicted molar refractivity (Wildman–Crippen MR) is 100 cm³/mol. The monoisotopic (exact) mass is 384 g/mol. The molecule has 0 saturated carbocycles. The van der Waals surface area contributed by atoms with Gasteiger partial charge in [-0.1, -0.05) is 29.8 Å². The first-order chi connectivity index (χ1) is 11.6. The van der Waals surface area contributed by atoms with E-state index in [-0.39, 0.29) is 0 Å². The van der Waals surface area contributed by atoms with Crippen molar-refractivity contribution in [1.82, 2.24) is 15.0 Å². The molecule has 0 fully saturated rings. The summed E-state index contributed by atoms with van der Waals surface area (Å²) in [5.41, 5.74) is 9.00. The van der Waals surface area contributed by atoms with E-state index in [0.717, 1.165) is 10.0 Å². The average Bonchev–Trinajstić information content (AvgIpc) is 2.59. The zero-order chi connectivity index (χ0) is 16.9. The van der Waals surface area contributed by atoms with Gasteiger partial charge in [-0.05, 0) is 40.5 Å². The van der Waals surface area contributed by atoms with Crippen LogP contribution in [0.3, 0.4) is 0 Å². The van der Waals surface area contributed by atoms with Gasteiger partial charge in [0, 0.05) is 17.2 Å². The van der Waals surface area contributed by atoms with Gasteiger partial charge in [-0.25, -0.2) is 15.0 Å². The fourth-order valence-electron chi connectivity index (χ4n) is 2.10. The first-order valence-electron chi connectivity index (χ1n) is 7.40. The van der Waals surface area contributed by atoms with E-state index in [1.54, 1.807) is 6.20 Å². The molecule has 4 N–H and O–H groups in total. The fourth-order valence-corrected chi connectivity index (χ4v) is 2.33. The third kappa shape index (κ3) is 3.99. The van der Waals surface area contributed by atoms with Crippen molar-refractivity contribution >= 4 is 39.1 Å². The molecule has 0 spiro atoms. The van der Waals surface area contributed by atoms with Gasteiger partial charge >= 0.3 is 0 Å². The van der Waals surface area contributed by atoms with Gasteiger partial charge in [0.05, 0.1) is 0 Å². The highest BCUT2D eigenvalue weighted by molar-refractivity contribution is 9.10. The molecule has 6 nitrogen and oxygen atoms in total. The second-order valence-corrected chi connectivity index (χ2v) is 6.23. The van der Waals surface area contributed by atoms with Crippen molar-refractivity contribution in [2.24, 2.45) is 0 Å². The molecule has 0 aliphatic rings. The van der Waals surface area contributed by atoms with Crippen molar-refractivity contribution in [3.05, 3.63) is 64.5 Å². The minimum Gasteiger partial charge on any atom is -0.393 e. The van der Waals surface area contributed by atoms with Gasteiger partial charge in [0.15, 0.2) is 11.6 Å². The maximum atomic E-state index is 6.16. The van der Waals surface area contributed by atoms with Crippen LogP contribution in [-0.2, 0) is 6.54 Å². The molecule has 0 unspecified atom stereocenters. The van der Waals surface area contributed by atoms with Crippen LogP contribution in [0.25, 0.3) is 0 Å². The summed E-state index contributed by atoms with van der Waals surface area (Å²) in [6, 6.07) is 12.0. The number of rotatable bonds is 5. The van der Waals surface area contributed by atoms with Gasteiger partial charge in [-0.15, -0.1) is 0 Å². The number of halogens is 1. The van der Waals surface area contributed by atoms with Crippen molar-refractivity contribution in [3.63, 3.8) is 0 Å². The summed E-state index contributed by atoms with van der Waals surface area (Å²) < 4.78 is 0.907. The molecular formula is C17H17BrN6. The number of nitrogens with one attached hydrogen (secondary N) is 2. The zero-order valence-electron chi connectivity index (χ0n) is 13.1.